The third-order valence-electron chi connectivity index (χ3n) is 5.26. The zero-order valence-corrected chi connectivity index (χ0v) is 18.0. The molecule has 1 aromatic carbocycles. The maximum atomic E-state index is 14.6. The topological polar surface area (TPSA) is 27.7 Å². The summed E-state index contributed by atoms with van der Waals surface area (Å²) in [5, 5.41) is 0. The van der Waals surface area contributed by atoms with Gasteiger partial charge in [-0.3, -0.25) is 0 Å². The van der Waals surface area contributed by atoms with Gasteiger partial charge in [-0.15, -0.1) is 0 Å². The summed E-state index contributed by atoms with van der Waals surface area (Å²) in [5.41, 5.74) is 0.403. The van der Waals surface area contributed by atoms with Crippen molar-refractivity contribution in [1.82, 2.24) is 0 Å². The zero-order chi connectivity index (χ0) is 20.1. The van der Waals surface area contributed by atoms with Gasteiger partial charge in [0.1, 0.15) is 17.7 Å². The van der Waals surface area contributed by atoms with Gasteiger partial charge in [0, 0.05) is 17.7 Å². The first-order valence-electron chi connectivity index (χ1n) is 10.4. The molecule has 0 unspecified atom stereocenters. The molecule has 0 N–H and O–H groups in total. The van der Waals surface area contributed by atoms with Gasteiger partial charge in [-0.1, -0.05) is 27.2 Å². The number of hydrogen-bond donors (Lipinski definition) is 0. The van der Waals surface area contributed by atoms with Crippen LogP contribution in [0.5, 0.6) is 5.75 Å². The number of hydrogen-bond acceptors (Lipinski definition) is 3. The Labute approximate surface area is 165 Å². The van der Waals surface area contributed by atoms with Crippen LogP contribution in [0.15, 0.2) is 18.2 Å². The largest absolute Gasteiger partial charge is 0.497 e. The van der Waals surface area contributed by atoms with Crippen molar-refractivity contribution in [1.29, 1.82) is 0 Å². The third kappa shape index (κ3) is 6.50. The summed E-state index contributed by atoms with van der Waals surface area (Å²) >= 11 is 0. The summed E-state index contributed by atoms with van der Waals surface area (Å²) in [6.07, 6.45) is 3.52. The number of rotatable bonds is 8. The second-order valence-corrected chi connectivity index (χ2v) is 8.87. The molecule has 5 heteroatoms. The summed E-state index contributed by atoms with van der Waals surface area (Å²) in [6.45, 7) is 14.5. The van der Waals surface area contributed by atoms with Crippen LogP contribution in [0.2, 0.25) is 0 Å². The van der Waals surface area contributed by atoms with Crippen LogP contribution in [-0.2, 0) is 9.31 Å². The Morgan fingerprint density at radius 2 is 1.63 bits per heavy atom. The summed E-state index contributed by atoms with van der Waals surface area (Å²) in [6, 6.07) is 4.93. The smallest absolute Gasteiger partial charge is 0.490 e. The first kappa shape index (κ1) is 22.2. The number of benzene rings is 1. The van der Waals surface area contributed by atoms with E-state index in [9.17, 15) is 4.39 Å². The van der Waals surface area contributed by atoms with Crippen molar-refractivity contribution in [2.75, 3.05) is 0 Å². The average molecular weight is 378 g/mol. The molecule has 152 valence electrons. The van der Waals surface area contributed by atoms with E-state index in [0.717, 1.165) is 6.42 Å². The highest BCUT2D eigenvalue weighted by molar-refractivity contribution is 6.61. The van der Waals surface area contributed by atoms with Gasteiger partial charge in [0.2, 0.25) is 0 Å². The van der Waals surface area contributed by atoms with Gasteiger partial charge in [0.25, 0.3) is 0 Å². The molecule has 1 saturated carbocycles. The lowest BCUT2D eigenvalue weighted by Crippen LogP contribution is -2.43. The fourth-order valence-corrected chi connectivity index (χ4v) is 3.87. The first-order chi connectivity index (χ1) is 12.7. The number of ether oxygens (including phenoxy) is 1. The molecule has 1 aliphatic rings. The molecule has 0 radical (unpaired) electrons. The van der Waals surface area contributed by atoms with E-state index in [1.807, 2.05) is 27.7 Å². The lowest BCUT2D eigenvalue weighted by atomic mass is 9.75. The van der Waals surface area contributed by atoms with Crippen molar-refractivity contribution in [2.45, 2.75) is 86.0 Å². The van der Waals surface area contributed by atoms with Gasteiger partial charge >= 0.3 is 7.12 Å². The lowest BCUT2D eigenvalue weighted by molar-refractivity contribution is 0.0460. The first-order valence-corrected chi connectivity index (χ1v) is 10.4. The zero-order valence-electron chi connectivity index (χ0n) is 18.0. The van der Waals surface area contributed by atoms with Crippen LogP contribution < -0.4 is 10.2 Å². The highest BCUT2D eigenvalue weighted by Gasteiger charge is 2.33. The van der Waals surface area contributed by atoms with Gasteiger partial charge in [0.15, 0.2) is 0 Å². The Hall–Kier alpha value is -1.07. The standard InChI is InChI=1S/C22H36BFO3/c1-14(2)19-10-8-17(7)12-22(19)25-18-9-11-21(24)20(13-18)23(26-15(3)4)27-16(5)6/h9,11,13-17,19,22H,8,10,12H2,1-7H3/t17-,19+,22-/m1/s1. The predicted octanol–water partition coefficient (Wildman–Crippen LogP) is 5.21. The fourth-order valence-electron chi connectivity index (χ4n) is 3.87. The van der Waals surface area contributed by atoms with Crippen LogP contribution >= 0.6 is 0 Å². The molecule has 0 amide bonds. The van der Waals surface area contributed by atoms with Crippen molar-refractivity contribution in [3.63, 3.8) is 0 Å². The van der Waals surface area contributed by atoms with Crippen molar-refractivity contribution in [2.24, 2.45) is 17.8 Å². The maximum Gasteiger partial charge on any atom is 0.497 e. The quantitative estimate of drug-likeness (QED) is 0.581. The molecule has 1 aromatic rings. The average Bonchev–Trinajstić information content (AvgIpc) is 2.55. The fraction of sp³-hybridized carbons (Fsp3) is 0.727. The van der Waals surface area contributed by atoms with Crippen molar-refractivity contribution >= 4 is 12.6 Å². The van der Waals surface area contributed by atoms with Crippen molar-refractivity contribution in [3.05, 3.63) is 24.0 Å². The Morgan fingerprint density at radius 3 is 2.19 bits per heavy atom. The molecule has 0 saturated heterocycles. The van der Waals surface area contributed by atoms with E-state index in [2.05, 4.69) is 20.8 Å². The van der Waals surface area contributed by atoms with Crippen LogP contribution in [-0.4, -0.2) is 25.4 Å². The Kier molecular flexibility index (Phi) is 8.17. The van der Waals surface area contributed by atoms with E-state index in [1.165, 1.54) is 18.9 Å². The van der Waals surface area contributed by atoms with Crippen molar-refractivity contribution < 1.29 is 18.4 Å². The monoisotopic (exact) mass is 378 g/mol. The minimum Gasteiger partial charge on any atom is -0.490 e. The molecule has 0 bridgehead atoms. The van der Waals surface area contributed by atoms with Gasteiger partial charge in [-0.05, 0) is 76.5 Å². The van der Waals surface area contributed by atoms with E-state index in [-0.39, 0.29) is 24.1 Å². The molecule has 1 fully saturated rings. The summed E-state index contributed by atoms with van der Waals surface area (Å²) in [5.74, 6) is 2.13. The van der Waals surface area contributed by atoms with Gasteiger partial charge < -0.3 is 14.0 Å². The van der Waals surface area contributed by atoms with Crippen LogP contribution in [0.3, 0.4) is 0 Å². The minimum atomic E-state index is -0.736. The Balaban J connectivity index is 2.23. The third-order valence-corrected chi connectivity index (χ3v) is 5.26. The van der Waals surface area contributed by atoms with E-state index in [1.54, 1.807) is 12.1 Å². The van der Waals surface area contributed by atoms with E-state index in [0.29, 0.717) is 29.0 Å². The molecule has 3 atom stereocenters. The maximum absolute atomic E-state index is 14.6. The van der Waals surface area contributed by atoms with Gasteiger partial charge in [-0.2, -0.15) is 0 Å². The Bertz CT molecular complexity index is 581. The molecule has 27 heavy (non-hydrogen) atoms. The molecule has 0 heterocycles. The second-order valence-electron chi connectivity index (χ2n) is 8.87. The summed E-state index contributed by atoms with van der Waals surface area (Å²) in [4.78, 5) is 0. The minimum absolute atomic E-state index is 0.0674. The molecule has 2 rings (SSSR count). The number of halogens is 1. The van der Waals surface area contributed by atoms with Crippen LogP contribution in [0.25, 0.3) is 0 Å². The SMILES string of the molecule is CC(C)OB(OC(C)C)c1cc(O[C@@H]2C[C@H](C)CC[C@H]2C(C)C)ccc1F. The van der Waals surface area contributed by atoms with E-state index >= 15 is 0 Å². The highest BCUT2D eigenvalue weighted by atomic mass is 19.1. The van der Waals surface area contributed by atoms with E-state index in [4.69, 9.17) is 14.0 Å². The van der Waals surface area contributed by atoms with Gasteiger partial charge in [0.05, 0.1) is 0 Å². The molecule has 0 spiro atoms. The van der Waals surface area contributed by atoms with Crippen molar-refractivity contribution in [3.8, 4) is 5.75 Å². The molecular weight excluding hydrogens is 342 g/mol. The molecule has 0 aromatic heterocycles. The predicted molar refractivity (Wildman–Crippen MR) is 110 cm³/mol. The Morgan fingerprint density at radius 1 is 1.00 bits per heavy atom. The summed E-state index contributed by atoms with van der Waals surface area (Å²) < 4.78 is 32.6. The highest BCUT2D eigenvalue weighted by Crippen LogP contribution is 2.36. The molecule has 0 aliphatic heterocycles. The van der Waals surface area contributed by atoms with Crippen LogP contribution in [0.1, 0.15) is 67.7 Å². The molecule has 3 nitrogen and oxygen atoms in total. The van der Waals surface area contributed by atoms with Crippen LogP contribution in [0.4, 0.5) is 4.39 Å². The summed E-state index contributed by atoms with van der Waals surface area (Å²) in [7, 11) is -0.736. The van der Waals surface area contributed by atoms with E-state index < -0.39 is 7.12 Å². The normalized spacial score (nSPS) is 23.3. The molecular formula is C22H36BFO3. The van der Waals surface area contributed by atoms with Crippen LogP contribution in [0, 0.1) is 23.6 Å². The molecule has 1 aliphatic carbocycles. The second kappa shape index (κ2) is 9.93. The van der Waals surface area contributed by atoms with Gasteiger partial charge in [-0.25, -0.2) is 4.39 Å². The lowest BCUT2D eigenvalue weighted by Gasteiger charge is -2.37.